The van der Waals surface area contributed by atoms with Crippen molar-refractivity contribution in [3.63, 3.8) is 0 Å². The first-order chi connectivity index (χ1) is 13.6. The Balaban J connectivity index is 4.86. The van der Waals surface area contributed by atoms with Crippen LogP contribution in [-0.4, -0.2) is 32.4 Å². The number of allylic oxidation sites excluding steroid dienone is 3. The molecule has 0 spiro atoms. The molecule has 0 aliphatic carbocycles. The number of aliphatic hydroxyl groups is 1. The Kier molecular flexibility index (Phi) is 19.4. The summed E-state index contributed by atoms with van der Waals surface area (Å²) < 4.78 is 2.04. The molecule has 0 aliphatic heterocycles. The van der Waals surface area contributed by atoms with Gasteiger partial charge in [0.1, 0.15) is 0 Å². The Bertz CT molecular complexity index is 377. The molecule has 0 aromatic heterocycles. The van der Waals surface area contributed by atoms with Crippen molar-refractivity contribution in [1.82, 2.24) is 0 Å². The third kappa shape index (κ3) is 13.5. The van der Waals surface area contributed by atoms with Crippen molar-refractivity contribution < 1.29 is 5.11 Å². The summed E-state index contributed by atoms with van der Waals surface area (Å²) in [5, 5.41) is 10.9. The maximum atomic E-state index is 10.9. The summed E-state index contributed by atoms with van der Waals surface area (Å²) in [6.07, 6.45) is 26.0. The zero-order chi connectivity index (χ0) is 21.1. The van der Waals surface area contributed by atoms with Crippen LogP contribution in [-0.2, 0) is 0 Å². The summed E-state index contributed by atoms with van der Waals surface area (Å²) in [4.78, 5) is 0. The third-order valence-corrected chi connectivity index (χ3v) is 12.1. The molecule has 0 rings (SSSR count). The Morgan fingerprint density at radius 2 is 1.29 bits per heavy atom. The normalized spacial score (nSPS) is 14.1. The van der Waals surface area contributed by atoms with Gasteiger partial charge >= 0.3 is 189 Å². The van der Waals surface area contributed by atoms with E-state index in [1.807, 2.05) is 0 Å². The van der Waals surface area contributed by atoms with Gasteiger partial charge in [-0.3, -0.25) is 0 Å². The predicted octanol–water partition coefficient (Wildman–Crippen LogP) is 8.60. The molecule has 1 N–H and O–H groups in total. The summed E-state index contributed by atoms with van der Waals surface area (Å²) in [5.74, 6) is 0. The second-order valence-electron chi connectivity index (χ2n) is 8.52. The van der Waals surface area contributed by atoms with E-state index in [4.69, 9.17) is 0 Å². The molecule has 1 unspecified atom stereocenters. The summed E-state index contributed by atoms with van der Waals surface area (Å²) >= 11 is -0.785. The molecule has 2 heteroatoms. The average Bonchev–Trinajstić information content (AvgIpc) is 2.71. The molecule has 1 atom stereocenters. The van der Waals surface area contributed by atoms with Gasteiger partial charge in [-0.1, -0.05) is 0 Å². The van der Waals surface area contributed by atoms with Crippen LogP contribution in [0.15, 0.2) is 21.8 Å². The molecule has 0 fully saturated rings. The average molecular weight is 497 g/mol. The zero-order valence-electron chi connectivity index (χ0n) is 19.9. The summed E-state index contributed by atoms with van der Waals surface area (Å²) in [6, 6.07) is 0. The Hall–Kier alpha value is 0.239. The standard InChI is InChI=1S/C13H23O.C13H27.Sn/c1-3-5-6-7-8-9-10-12-13(14)11-4-2;1-4-7-10-13(11-8-5-2)12-9-6-3;/h4,8-9,13-14H,3,5-7,10,12H2,1-2H3;4-12H2,1-3H3;/b9-8-,11-4?;;. The number of aliphatic hydroxyl groups excluding tert-OH is 1. The molecular weight excluding hydrogens is 447 g/mol. The molecule has 0 heterocycles. The first kappa shape index (κ1) is 28.2. The number of hydrogen-bond acceptors (Lipinski definition) is 1. The van der Waals surface area contributed by atoms with Gasteiger partial charge in [-0.05, 0) is 0 Å². The van der Waals surface area contributed by atoms with Gasteiger partial charge in [-0.15, -0.1) is 0 Å². The van der Waals surface area contributed by atoms with Crippen LogP contribution < -0.4 is 0 Å². The third-order valence-electron chi connectivity index (χ3n) is 5.85. The minimum atomic E-state index is -0.785. The molecule has 0 amide bonds. The van der Waals surface area contributed by atoms with Crippen LogP contribution >= 0.6 is 0 Å². The molecule has 0 aromatic rings. The van der Waals surface area contributed by atoms with Gasteiger partial charge in [-0.2, -0.15) is 0 Å². The molecule has 164 valence electrons. The number of hydrogen-bond donors (Lipinski definition) is 1. The van der Waals surface area contributed by atoms with E-state index in [0.29, 0.717) is 3.43 Å². The van der Waals surface area contributed by atoms with E-state index in [2.05, 4.69) is 52.8 Å². The van der Waals surface area contributed by atoms with Crippen molar-refractivity contribution in [1.29, 1.82) is 0 Å². The van der Waals surface area contributed by atoms with Crippen LogP contribution in [0.3, 0.4) is 0 Å². The van der Waals surface area contributed by atoms with Crippen LogP contribution in [0.25, 0.3) is 0 Å². The van der Waals surface area contributed by atoms with E-state index >= 15 is 0 Å². The number of unbranched alkanes of at least 4 members (excludes halogenated alkanes) is 6. The van der Waals surface area contributed by atoms with Crippen molar-refractivity contribution in [2.24, 2.45) is 0 Å². The Morgan fingerprint density at radius 1 is 0.786 bits per heavy atom. The molecule has 0 aromatic carbocycles. The quantitative estimate of drug-likeness (QED) is 0.108. The molecule has 0 aliphatic rings. The van der Waals surface area contributed by atoms with Gasteiger partial charge in [0.2, 0.25) is 0 Å². The first-order valence-electron chi connectivity index (χ1n) is 12.4. The molecule has 0 saturated heterocycles. The summed E-state index contributed by atoms with van der Waals surface area (Å²) in [5.41, 5.74) is 0. The van der Waals surface area contributed by atoms with Gasteiger partial charge < -0.3 is 0 Å². The van der Waals surface area contributed by atoms with Crippen molar-refractivity contribution in [2.75, 3.05) is 0 Å². The van der Waals surface area contributed by atoms with Crippen LogP contribution in [0.2, 0.25) is 3.43 Å². The topological polar surface area (TPSA) is 20.2 Å². The molecular formula is C26H50OSn. The monoisotopic (exact) mass is 498 g/mol. The van der Waals surface area contributed by atoms with Crippen LogP contribution in [0.5, 0.6) is 0 Å². The van der Waals surface area contributed by atoms with E-state index < -0.39 is 21.1 Å². The van der Waals surface area contributed by atoms with Crippen LogP contribution in [0, 0.1) is 0 Å². The second-order valence-corrected chi connectivity index (χ2v) is 13.9. The van der Waals surface area contributed by atoms with E-state index in [1.54, 1.807) is 0 Å². The second kappa shape index (κ2) is 19.2. The zero-order valence-corrected chi connectivity index (χ0v) is 22.7. The summed E-state index contributed by atoms with van der Waals surface area (Å²) in [7, 11) is 0. The SMILES string of the molecule is C/C=[C](\[Sn][C](CCCC)(CCCC)CCCC)C(O)CC/C=C\CCCCC. The van der Waals surface area contributed by atoms with E-state index in [0.717, 1.165) is 12.8 Å². The van der Waals surface area contributed by atoms with E-state index in [1.165, 1.54) is 87.1 Å². The van der Waals surface area contributed by atoms with Gasteiger partial charge in [0.05, 0.1) is 0 Å². The molecule has 2 radical (unpaired) electrons. The minimum absolute atomic E-state index is 0.193. The van der Waals surface area contributed by atoms with Crippen molar-refractivity contribution in [2.45, 2.75) is 140 Å². The summed E-state index contributed by atoms with van der Waals surface area (Å²) in [6.45, 7) is 11.4. The fourth-order valence-electron chi connectivity index (χ4n) is 3.92. The number of rotatable bonds is 19. The fraction of sp³-hybridized carbons (Fsp3) is 0.846. The van der Waals surface area contributed by atoms with Gasteiger partial charge in [0.25, 0.3) is 0 Å². The van der Waals surface area contributed by atoms with Gasteiger partial charge in [-0.25, -0.2) is 0 Å². The Labute approximate surface area is 188 Å². The first-order valence-corrected chi connectivity index (χ1v) is 15.2. The molecule has 28 heavy (non-hydrogen) atoms. The van der Waals surface area contributed by atoms with Gasteiger partial charge in [0.15, 0.2) is 0 Å². The van der Waals surface area contributed by atoms with Crippen molar-refractivity contribution in [3.8, 4) is 0 Å². The van der Waals surface area contributed by atoms with E-state index in [-0.39, 0.29) is 6.10 Å². The van der Waals surface area contributed by atoms with Crippen molar-refractivity contribution in [3.05, 3.63) is 21.8 Å². The van der Waals surface area contributed by atoms with Crippen LogP contribution in [0.1, 0.15) is 131 Å². The molecule has 0 saturated carbocycles. The predicted molar refractivity (Wildman–Crippen MR) is 129 cm³/mol. The van der Waals surface area contributed by atoms with E-state index in [9.17, 15) is 5.11 Å². The fourth-order valence-corrected chi connectivity index (χ4v) is 9.55. The van der Waals surface area contributed by atoms with Gasteiger partial charge in [0, 0.05) is 0 Å². The maximum absolute atomic E-state index is 10.9. The Morgan fingerprint density at radius 3 is 1.75 bits per heavy atom. The van der Waals surface area contributed by atoms with Crippen LogP contribution in [0.4, 0.5) is 0 Å². The molecule has 0 bridgehead atoms. The van der Waals surface area contributed by atoms with Crippen molar-refractivity contribution >= 4 is 21.1 Å². The molecule has 1 nitrogen and oxygen atoms in total.